The van der Waals surface area contributed by atoms with E-state index >= 15 is 0 Å². The van der Waals surface area contributed by atoms with Crippen LogP contribution in [0, 0.1) is 0 Å². The molecule has 3 aromatic carbocycles. The summed E-state index contributed by atoms with van der Waals surface area (Å²) in [5.74, 6) is 0. The monoisotopic (exact) mass is 347 g/mol. The molecule has 0 saturated carbocycles. The van der Waals surface area contributed by atoms with Gasteiger partial charge in [-0.3, -0.25) is 0 Å². The van der Waals surface area contributed by atoms with Crippen molar-refractivity contribution in [3.05, 3.63) is 102 Å². The average molecular weight is 347 g/mol. The van der Waals surface area contributed by atoms with Gasteiger partial charge >= 0.3 is 135 Å². The van der Waals surface area contributed by atoms with Crippen molar-refractivity contribution in [3.63, 3.8) is 0 Å². The normalized spacial score (nSPS) is 11.7. The summed E-state index contributed by atoms with van der Waals surface area (Å²) in [6.07, 6.45) is 2.22. The molecule has 0 fully saturated rings. The van der Waals surface area contributed by atoms with E-state index in [-0.39, 0.29) is 0 Å². The summed E-state index contributed by atoms with van der Waals surface area (Å²) in [6.45, 7) is 2.13. The summed E-state index contributed by atoms with van der Waals surface area (Å²) < 4.78 is 4.36. The zero-order chi connectivity index (χ0) is 15.3. The topological polar surface area (TPSA) is 0 Å². The Morgan fingerprint density at radius 3 is 1.14 bits per heavy atom. The summed E-state index contributed by atoms with van der Waals surface area (Å²) in [6, 6.07) is 32.9. The molecule has 22 heavy (non-hydrogen) atoms. The molecule has 0 spiro atoms. The van der Waals surface area contributed by atoms with Crippen LogP contribution >= 0.6 is 0 Å². The van der Waals surface area contributed by atoms with Crippen molar-refractivity contribution in [1.29, 1.82) is 0 Å². The van der Waals surface area contributed by atoms with Gasteiger partial charge in [-0.1, -0.05) is 0 Å². The van der Waals surface area contributed by atoms with Gasteiger partial charge in [0.15, 0.2) is 0 Å². The molecule has 0 aliphatic carbocycles. The van der Waals surface area contributed by atoms with Crippen LogP contribution in [-0.4, -0.2) is 13.6 Å². The number of rotatable bonds is 4. The van der Waals surface area contributed by atoms with Gasteiger partial charge in [0.25, 0.3) is 0 Å². The summed E-state index contributed by atoms with van der Waals surface area (Å²) in [4.78, 5) is 2.47. The van der Waals surface area contributed by atoms with Gasteiger partial charge < -0.3 is 0 Å². The summed E-state index contributed by atoms with van der Waals surface area (Å²) >= 11 is -2.54. The maximum atomic E-state index is 2.47. The molecule has 0 aliphatic rings. The first kappa shape index (κ1) is 14.9. The van der Waals surface area contributed by atoms with Crippen LogP contribution in [0.3, 0.4) is 0 Å². The molecular weight excluding hydrogens is 327 g/mol. The molecule has 108 valence electrons. The number of hydrogen-bond acceptors (Lipinski definition) is 0. The molecule has 0 amide bonds. The SMILES string of the molecule is CC=C[As+](c1ccccc1)(c1ccccc1)c1ccccc1. The van der Waals surface area contributed by atoms with Crippen molar-refractivity contribution in [2.24, 2.45) is 0 Å². The van der Waals surface area contributed by atoms with E-state index in [1.54, 1.807) is 0 Å². The first-order valence-electron chi connectivity index (χ1n) is 7.57. The molecule has 0 bridgehead atoms. The van der Waals surface area contributed by atoms with Crippen molar-refractivity contribution >= 4 is 26.6 Å². The Morgan fingerprint density at radius 2 is 0.864 bits per heavy atom. The van der Waals surface area contributed by atoms with Crippen molar-refractivity contribution in [2.45, 2.75) is 6.92 Å². The molecule has 0 nitrogen and oxygen atoms in total. The third-order valence-electron chi connectivity index (χ3n) is 3.86. The minimum absolute atomic E-state index is 1.45. The van der Waals surface area contributed by atoms with Gasteiger partial charge in [-0.2, -0.15) is 0 Å². The Hall–Kier alpha value is -2.04. The van der Waals surface area contributed by atoms with E-state index in [0.717, 1.165) is 0 Å². The molecule has 0 atom stereocenters. The fraction of sp³-hybridized carbons (Fsp3) is 0.0476. The second-order valence-electron chi connectivity index (χ2n) is 5.21. The molecule has 0 unspecified atom stereocenters. The van der Waals surface area contributed by atoms with Gasteiger partial charge in [0.1, 0.15) is 0 Å². The Labute approximate surface area is 135 Å². The molecule has 1 heteroatoms. The van der Waals surface area contributed by atoms with Gasteiger partial charge in [0, 0.05) is 0 Å². The predicted molar refractivity (Wildman–Crippen MR) is 98.8 cm³/mol. The van der Waals surface area contributed by atoms with Crippen LogP contribution in [0.1, 0.15) is 6.92 Å². The van der Waals surface area contributed by atoms with Crippen LogP contribution in [0.5, 0.6) is 0 Å². The van der Waals surface area contributed by atoms with E-state index < -0.39 is 13.6 Å². The van der Waals surface area contributed by atoms with Gasteiger partial charge in [-0.15, -0.1) is 0 Å². The summed E-state index contributed by atoms with van der Waals surface area (Å²) in [5, 5.41) is 0. The van der Waals surface area contributed by atoms with Gasteiger partial charge in [-0.05, 0) is 0 Å². The van der Waals surface area contributed by atoms with Crippen LogP contribution in [0.2, 0.25) is 0 Å². The fourth-order valence-electron chi connectivity index (χ4n) is 2.92. The minimum atomic E-state index is -2.54. The molecule has 0 heterocycles. The summed E-state index contributed by atoms with van der Waals surface area (Å²) in [5.41, 5.74) is 0. The molecule has 3 aromatic rings. The second kappa shape index (κ2) is 6.81. The zero-order valence-corrected chi connectivity index (χ0v) is 14.6. The molecule has 0 aliphatic heterocycles. The standard InChI is InChI=1S/C21H20As/c1-2-18-22(19-12-6-3-7-13-19,20-14-8-4-9-15-20)21-16-10-5-11-17-21/h2-18H,1H3/q+1. The zero-order valence-electron chi connectivity index (χ0n) is 12.8. The second-order valence-corrected chi connectivity index (χ2v) is 12.1. The van der Waals surface area contributed by atoms with Crippen LogP contribution < -0.4 is 13.1 Å². The first-order valence-corrected chi connectivity index (χ1v) is 11.5. The Kier molecular flexibility index (Phi) is 4.61. The van der Waals surface area contributed by atoms with Crippen LogP contribution in [0.15, 0.2) is 102 Å². The molecular formula is C21H20As+. The van der Waals surface area contributed by atoms with E-state index in [2.05, 4.69) is 109 Å². The quantitative estimate of drug-likeness (QED) is 0.636. The molecule has 0 radical (unpaired) electrons. The number of benzene rings is 3. The molecule has 0 saturated heterocycles. The summed E-state index contributed by atoms with van der Waals surface area (Å²) in [7, 11) is 0. The molecule has 0 aromatic heterocycles. The number of hydrogen-bond donors (Lipinski definition) is 0. The average Bonchev–Trinajstić information content (AvgIpc) is 2.62. The van der Waals surface area contributed by atoms with E-state index in [4.69, 9.17) is 0 Å². The van der Waals surface area contributed by atoms with Gasteiger partial charge in [0.05, 0.1) is 0 Å². The van der Waals surface area contributed by atoms with E-state index in [0.29, 0.717) is 0 Å². The predicted octanol–water partition coefficient (Wildman–Crippen LogP) is 3.27. The third-order valence-corrected chi connectivity index (χ3v) is 12.4. The Bertz CT molecular complexity index is 634. The van der Waals surface area contributed by atoms with Crippen molar-refractivity contribution in [2.75, 3.05) is 0 Å². The Balaban J connectivity index is 2.34. The van der Waals surface area contributed by atoms with Crippen LogP contribution in [-0.2, 0) is 0 Å². The third kappa shape index (κ3) is 2.67. The van der Waals surface area contributed by atoms with Crippen molar-refractivity contribution in [1.82, 2.24) is 0 Å². The van der Waals surface area contributed by atoms with Crippen LogP contribution in [0.25, 0.3) is 0 Å². The number of allylic oxidation sites excluding steroid dienone is 1. The Morgan fingerprint density at radius 1 is 0.545 bits per heavy atom. The van der Waals surface area contributed by atoms with E-state index in [1.165, 1.54) is 13.1 Å². The van der Waals surface area contributed by atoms with Crippen molar-refractivity contribution in [3.8, 4) is 0 Å². The first-order chi connectivity index (χ1) is 10.9. The maximum absolute atomic E-state index is 2.54. The molecule has 3 rings (SSSR count). The fourth-order valence-corrected chi connectivity index (χ4v) is 10.9. The van der Waals surface area contributed by atoms with Crippen LogP contribution in [0.4, 0.5) is 0 Å². The van der Waals surface area contributed by atoms with E-state index in [1.807, 2.05) is 0 Å². The molecule has 0 N–H and O–H groups in total. The van der Waals surface area contributed by atoms with E-state index in [9.17, 15) is 0 Å². The van der Waals surface area contributed by atoms with Gasteiger partial charge in [0.2, 0.25) is 0 Å². The van der Waals surface area contributed by atoms with Gasteiger partial charge in [-0.25, -0.2) is 0 Å². The van der Waals surface area contributed by atoms with Crippen molar-refractivity contribution < 1.29 is 0 Å².